The van der Waals surface area contributed by atoms with Gasteiger partial charge in [-0.15, -0.1) is 0 Å². The van der Waals surface area contributed by atoms with Gasteiger partial charge in [-0.25, -0.2) is 4.98 Å². The number of anilines is 1. The molecule has 1 heterocycles. The van der Waals surface area contributed by atoms with Crippen LogP contribution in [0.15, 0.2) is 54.6 Å². The van der Waals surface area contributed by atoms with Crippen LogP contribution < -0.4 is 10.1 Å². The van der Waals surface area contributed by atoms with Crippen LogP contribution in [0.1, 0.15) is 29.9 Å². The Bertz CT molecular complexity index is 1010. The topological polar surface area (TPSA) is 71.5 Å². The minimum absolute atomic E-state index is 0.0186. The van der Waals surface area contributed by atoms with Crippen LogP contribution in [0.4, 0.5) is 5.69 Å². The van der Waals surface area contributed by atoms with Crippen LogP contribution in [0, 0.1) is 6.92 Å². The van der Waals surface area contributed by atoms with Gasteiger partial charge in [-0.1, -0.05) is 18.2 Å². The summed E-state index contributed by atoms with van der Waals surface area (Å²) >= 11 is 0. The van der Waals surface area contributed by atoms with E-state index in [1.54, 1.807) is 35.2 Å². The van der Waals surface area contributed by atoms with Crippen LogP contribution >= 0.6 is 0 Å². The third kappa shape index (κ3) is 4.90. The molecule has 0 spiro atoms. The molecular weight excluding hydrogens is 366 g/mol. The van der Waals surface area contributed by atoms with E-state index in [9.17, 15) is 9.59 Å². The molecule has 0 saturated carbocycles. The fourth-order valence-electron chi connectivity index (χ4n) is 3.06. The second kappa shape index (κ2) is 9.19. The van der Waals surface area contributed by atoms with Crippen LogP contribution in [-0.4, -0.2) is 41.4 Å². The Morgan fingerprint density at radius 1 is 1.00 bits per heavy atom. The van der Waals surface area contributed by atoms with E-state index < -0.39 is 0 Å². The predicted octanol–water partition coefficient (Wildman–Crippen LogP) is 4.04. The summed E-state index contributed by atoms with van der Waals surface area (Å²) < 4.78 is 5.70. The number of nitrogens with zero attached hydrogens (tertiary/aromatic N) is 2. The van der Waals surface area contributed by atoms with E-state index >= 15 is 0 Å². The van der Waals surface area contributed by atoms with Crippen molar-refractivity contribution in [2.45, 2.75) is 20.8 Å². The Balaban J connectivity index is 1.62. The molecular formula is C23H25N3O3. The summed E-state index contributed by atoms with van der Waals surface area (Å²) in [4.78, 5) is 30.9. The average molecular weight is 391 g/mol. The maximum atomic E-state index is 12.3. The number of amides is 2. The minimum atomic E-state index is -0.280. The van der Waals surface area contributed by atoms with Crippen LogP contribution in [0.3, 0.4) is 0 Å². The molecule has 0 fully saturated rings. The van der Waals surface area contributed by atoms with Crippen LogP contribution in [0.5, 0.6) is 5.75 Å². The molecule has 0 bridgehead atoms. The van der Waals surface area contributed by atoms with Gasteiger partial charge in [0.2, 0.25) is 0 Å². The van der Waals surface area contributed by atoms with E-state index in [-0.39, 0.29) is 18.4 Å². The molecule has 1 aromatic heterocycles. The van der Waals surface area contributed by atoms with Gasteiger partial charge in [-0.05, 0) is 57.2 Å². The van der Waals surface area contributed by atoms with Gasteiger partial charge in [-0.3, -0.25) is 9.59 Å². The third-order valence-electron chi connectivity index (χ3n) is 4.65. The first-order valence-corrected chi connectivity index (χ1v) is 9.70. The van der Waals surface area contributed by atoms with Crippen molar-refractivity contribution >= 4 is 28.4 Å². The molecule has 2 aromatic carbocycles. The Morgan fingerprint density at radius 2 is 1.72 bits per heavy atom. The van der Waals surface area contributed by atoms with E-state index in [0.717, 1.165) is 16.6 Å². The standard InChI is InChI=1S/C23H25N3O3/c1-4-26(5-2)23(28)18-11-13-19(14-12-18)25-21(27)15-29-20-8-6-7-17-10-9-16(3)24-22(17)20/h6-14H,4-5,15H2,1-3H3,(H,25,27). The van der Waals surface area contributed by atoms with Gasteiger partial charge in [0.15, 0.2) is 6.61 Å². The van der Waals surface area contributed by atoms with Crippen molar-refractivity contribution in [1.29, 1.82) is 0 Å². The van der Waals surface area contributed by atoms with Gasteiger partial charge in [-0.2, -0.15) is 0 Å². The first kappa shape index (κ1) is 20.3. The summed E-state index contributed by atoms with van der Waals surface area (Å²) in [5.41, 5.74) is 2.83. The van der Waals surface area contributed by atoms with Crippen molar-refractivity contribution in [2.75, 3.05) is 25.0 Å². The van der Waals surface area contributed by atoms with Crippen molar-refractivity contribution in [3.05, 3.63) is 65.9 Å². The molecule has 0 unspecified atom stereocenters. The number of benzene rings is 2. The monoisotopic (exact) mass is 391 g/mol. The quantitative estimate of drug-likeness (QED) is 0.660. The second-order valence-electron chi connectivity index (χ2n) is 6.67. The Morgan fingerprint density at radius 3 is 2.41 bits per heavy atom. The van der Waals surface area contributed by atoms with E-state index in [1.807, 2.05) is 45.0 Å². The molecule has 0 aliphatic carbocycles. The number of hydrogen-bond acceptors (Lipinski definition) is 4. The number of aromatic nitrogens is 1. The molecule has 3 aromatic rings. The Labute approximate surface area is 170 Å². The van der Waals surface area contributed by atoms with Crippen molar-refractivity contribution < 1.29 is 14.3 Å². The molecule has 150 valence electrons. The summed E-state index contributed by atoms with van der Waals surface area (Å²) in [6, 6.07) is 16.4. The third-order valence-corrected chi connectivity index (χ3v) is 4.65. The zero-order chi connectivity index (χ0) is 20.8. The van der Waals surface area contributed by atoms with Crippen LogP contribution in [-0.2, 0) is 4.79 Å². The van der Waals surface area contributed by atoms with E-state index in [4.69, 9.17) is 4.74 Å². The zero-order valence-corrected chi connectivity index (χ0v) is 16.9. The molecule has 6 nitrogen and oxygen atoms in total. The Hall–Kier alpha value is -3.41. The lowest BCUT2D eigenvalue weighted by atomic mass is 10.1. The number of para-hydroxylation sites is 1. The fourth-order valence-corrected chi connectivity index (χ4v) is 3.06. The van der Waals surface area contributed by atoms with Gasteiger partial charge >= 0.3 is 0 Å². The molecule has 3 rings (SSSR count). The zero-order valence-electron chi connectivity index (χ0n) is 16.9. The summed E-state index contributed by atoms with van der Waals surface area (Å²) in [5, 5.41) is 3.75. The smallest absolute Gasteiger partial charge is 0.262 e. The highest BCUT2D eigenvalue weighted by atomic mass is 16.5. The summed E-state index contributed by atoms with van der Waals surface area (Å²) in [7, 11) is 0. The number of carbonyl (C=O) groups excluding carboxylic acids is 2. The molecule has 0 saturated heterocycles. The first-order valence-electron chi connectivity index (χ1n) is 9.70. The maximum Gasteiger partial charge on any atom is 0.262 e. The van der Waals surface area contributed by atoms with Gasteiger partial charge < -0.3 is 15.0 Å². The van der Waals surface area contributed by atoms with Crippen molar-refractivity contribution in [3.8, 4) is 5.75 Å². The normalized spacial score (nSPS) is 10.6. The minimum Gasteiger partial charge on any atom is -0.481 e. The highest BCUT2D eigenvalue weighted by Gasteiger charge is 2.13. The lowest BCUT2D eigenvalue weighted by molar-refractivity contribution is -0.118. The molecule has 0 aliphatic heterocycles. The Kier molecular flexibility index (Phi) is 6.44. The molecule has 1 N–H and O–H groups in total. The molecule has 2 amide bonds. The van der Waals surface area contributed by atoms with Crippen molar-refractivity contribution in [1.82, 2.24) is 9.88 Å². The molecule has 6 heteroatoms. The van der Waals surface area contributed by atoms with Gasteiger partial charge in [0, 0.05) is 35.4 Å². The molecule has 0 aliphatic rings. The van der Waals surface area contributed by atoms with Crippen molar-refractivity contribution in [2.24, 2.45) is 0 Å². The van der Waals surface area contributed by atoms with Gasteiger partial charge in [0.05, 0.1) is 0 Å². The summed E-state index contributed by atoms with van der Waals surface area (Å²) in [6.07, 6.45) is 0. The number of carbonyl (C=O) groups is 2. The average Bonchev–Trinajstić information content (AvgIpc) is 2.73. The largest absolute Gasteiger partial charge is 0.481 e. The van der Waals surface area contributed by atoms with E-state index in [1.165, 1.54) is 0 Å². The lowest BCUT2D eigenvalue weighted by Gasteiger charge is -2.18. The second-order valence-corrected chi connectivity index (χ2v) is 6.67. The van der Waals surface area contributed by atoms with E-state index in [2.05, 4.69) is 10.3 Å². The van der Waals surface area contributed by atoms with Crippen molar-refractivity contribution in [3.63, 3.8) is 0 Å². The number of hydrogen-bond donors (Lipinski definition) is 1. The predicted molar refractivity (Wildman–Crippen MR) is 114 cm³/mol. The van der Waals surface area contributed by atoms with E-state index in [0.29, 0.717) is 30.1 Å². The number of fused-ring (bicyclic) bond motifs is 1. The molecule has 0 radical (unpaired) electrons. The number of pyridine rings is 1. The fraction of sp³-hybridized carbons (Fsp3) is 0.261. The highest BCUT2D eigenvalue weighted by molar-refractivity contribution is 5.96. The number of ether oxygens (including phenoxy) is 1. The molecule has 0 atom stereocenters. The lowest BCUT2D eigenvalue weighted by Crippen LogP contribution is -2.30. The van der Waals surface area contributed by atoms with Gasteiger partial charge in [0.25, 0.3) is 11.8 Å². The first-order chi connectivity index (χ1) is 14.0. The number of aryl methyl sites for hydroxylation is 1. The van der Waals surface area contributed by atoms with Crippen LogP contribution in [0.2, 0.25) is 0 Å². The number of rotatable bonds is 7. The van der Waals surface area contributed by atoms with Crippen LogP contribution in [0.25, 0.3) is 10.9 Å². The summed E-state index contributed by atoms with van der Waals surface area (Å²) in [5.74, 6) is 0.272. The SMILES string of the molecule is CCN(CC)C(=O)c1ccc(NC(=O)COc2cccc3ccc(C)nc23)cc1. The highest BCUT2D eigenvalue weighted by Crippen LogP contribution is 2.24. The maximum absolute atomic E-state index is 12.3. The summed E-state index contributed by atoms with van der Waals surface area (Å²) in [6.45, 7) is 7.00. The molecule has 29 heavy (non-hydrogen) atoms. The number of nitrogens with one attached hydrogen (secondary N) is 1. The van der Waals surface area contributed by atoms with Gasteiger partial charge in [0.1, 0.15) is 11.3 Å².